The summed E-state index contributed by atoms with van der Waals surface area (Å²) < 4.78 is 23.4. The molecule has 0 radical (unpaired) electrons. The molecule has 2 unspecified atom stereocenters. The van der Waals surface area contributed by atoms with Gasteiger partial charge >= 0.3 is 0 Å². The average Bonchev–Trinajstić information content (AvgIpc) is 2.44. The molecule has 1 saturated carbocycles. The summed E-state index contributed by atoms with van der Waals surface area (Å²) in [5, 5.41) is -0.254. The van der Waals surface area contributed by atoms with Gasteiger partial charge in [-0.3, -0.25) is 0 Å². The van der Waals surface area contributed by atoms with Crippen LogP contribution in [0, 0.1) is 5.41 Å². The van der Waals surface area contributed by atoms with Crippen molar-refractivity contribution in [3.8, 4) is 0 Å². The lowest BCUT2D eigenvalue weighted by molar-refractivity contribution is 0.319. The Morgan fingerprint density at radius 1 is 1.47 bits per heavy atom. The number of nitrogens with two attached hydrogens (primary N) is 1. The van der Waals surface area contributed by atoms with E-state index < -0.39 is 9.84 Å². The lowest BCUT2D eigenvalue weighted by Crippen LogP contribution is -2.25. The van der Waals surface area contributed by atoms with Crippen molar-refractivity contribution >= 4 is 9.84 Å². The zero-order valence-electron chi connectivity index (χ0n) is 9.99. The van der Waals surface area contributed by atoms with Gasteiger partial charge in [0.15, 0.2) is 9.84 Å². The van der Waals surface area contributed by atoms with Gasteiger partial charge in [0.05, 0.1) is 11.0 Å². The van der Waals surface area contributed by atoms with E-state index in [1.165, 1.54) is 0 Å². The van der Waals surface area contributed by atoms with Crippen molar-refractivity contribution in [1.82, 2.24) is 0 Å². The molecule has 3 nitrogen and oxygen atoms in total. The molecule has 1 aliphatic rings. The van der Waals surface area contributed by atoms with Crippen molar-refractivity contribution in [2.75, 3.05) is 5.75 Å². The summed E-state index contributed by atoms with van der Waals surface area (Å²) in [4.78, 5) is 0. The number of sulfone groups is 1. The van der Waals surface area contributed by atoms with Crippen LogP contribution in [0.15, 0.2) is 0 Å². The topological polar surface area (TPSA) is 60.2 Å². The van der Waals surface area contributed by atoms with Crippen molar-refractivity contribution in [2.45, 2.75) is 57.7 Å². The van der Waals surface area contributed by atoms with Crippen LogP contribution >= 0.6 is 0 Å². The van der Waals surface area contributed by atoms with E-state index in [1.807, 2.05) is 0 Å². The van der Waals surface area contributed by atoms with Gasteiger partial charge < -0.3 is 5.73 Å². The van der Waals surface area contributed by atoms with E-state index in [2.05, 4.69) is 6.92 Å². The maximum Gasteiger partial charge on any atom is 0.152 e. The Morgan fingerprint density at radius 3 is 2.47 bits per heavy atom. The minimum Gasteiger partial charge on any atom is -0.328 e. The van der Waals surface area contributed by atoms with Crippen LogP contribution in [-0.4, -0.2) is 25.5 Å². The molecule has 1 aliphatic carbocycles. The van der Waals surface area contributed by atoms with Crippen LogP contribution in [0.25, 0.3) is 0 Å². The molecule has 4 heteroatoms. The zero-order valence-corrected chi connectivity index (χ0v) is 10.8. The average molecular weight is 233 g/mol. The lowest BCUT2D eigenvalue weighted by Gasteiger charge is -2.24. The Balaban J connectivity index is 2.51. The van der Waals surface area contributed by atoms with Gasteiger partial charge in [-0.25, -0.2) is 8.42 Å². The standard InChI is InChI=1S/C11H23NO2S/c1-9(2)15(13,14)7-6-11(3)5-4-10(12)8-11/h9-10H,4-8,12H2,1-3H3. The van der Waals surface area contributed by atoms with Gasteiger partial charge in [-0.15, -0.1) is 0 Å². The van der Waals surface area contributed by atoms with Crippen LogP contribution in [0.1, 0.15) is 46.5 Å². The van der Waals surface area contributed by atoms with Crippen LogP contribution in [0.2, 0.25) is 0 Å². The summed E-state index contributed by atoms with van der Waals surface area (Å²) in [5.74, 6) is 0.313. The first-order chi connectivity index (χ1) is 6.75. The van der Waals surface area contributed by atoms with E-state index in [4.69, 9.17) is 5.73 Å². The van der Waals surface area contributed by atoms with Gasteiger partial charge in [-0.1, -0.05) is 6.92 Å². The van der Waals surface area contributed by atoms with E-state index in [-0.39, 0.29) is 16.7 Å². The molecule has 1 fully saturated rings. The van der Waals surface area contributed by atoms with Gasteiger partial charge in [-0.2, -0.15) is 0 Å². The molecule has 0 aromatic heterocycles. The monoisotopic (exact) mass is 233 g/mol. The molecule has 0 saturated heterocycles. The largest absolute Gasteiger partial charge is 0.328 e. The fourth-order valence-corrected chi connectivity index (χ4v) is 3.47. The Morgan fingerprint density at radius 2 is 2.07 bits per heavy atom. The third-order valence-corrected chi connectivity index (χ3v) is 5.79. The predicted molar refractivity (Wildman–Crippen MR) is 63.5 cm³/mol. The van der Waals surface area contributed by atoms with Crippen molar-refractivity contribution in [2.24, 2.45) is 11.1 Å². The van der Waals surface area contributed by atoms with Crippen LogP contribution in [0.5, 0.6) is 0 Å². The van der Waals surface area contributed by atoms with Gasteiger partial charge in [-0.05, 0) is 44.9 Å². The molecule has 15 heavy (non-hydrogen) atoms. The Hall–Kier alpha value is -0.0900. The third kappa shape index (κ3) is 3.45. The van der Waals surface area contributed by atoms with E-state index in [0.29, 0.717) is 5.75 Å². The first-order valence-electron chi connectivity index (χ1n) is 5.72. The highest BCUT2D eigenvalue weighted by Crippen LogP contribution is 2.40. The summed E-state index contributed by atoms with van der Waals surface area (Å²) in [6.45, 7) is 5.66. The second-order valence-electron chi connectivity index (χ2n) is 5.48. The minimum atomic E-state index is -2.88. The number of hydrogen-bond acceptors (Lipinski definition) is 3. The van der Waals surface area contributed by atoms with Gasteiger partial charge in [0.25, 0.3) is 0 Å². The molecule has 1 rings (SSSR count). The van der Waals surface area contributed by atoms with Gasteiger partial charge in [0.1, 0.15) is 0 Å². The Kier molecular flexibility index (Phi) is 3.82. The van der Waals surface area contributed by atoms with Crippen molar-refractivity contribution in [1.29, 1.82) is 0 Å². The molecule has 90 valence electrons. The fraction of sp³-hybridized carbons (Fsp3) is 1.00. The third-order valence-electron chi connectivity index (χ3n) is 3.58. The Labute approximate surface area is 93.3 Å². The maximum atomic E-state index is 11.7. The molecule has 0 amide bonds. The van der Waals surface area contributed by atoms with Crippen molar-refractivity contribution < 1.29 is 8.42 Å². The van der Waals surface area contributed by atoms with Crippen molar-refractivity contribution in [3.05, 3.63) is 0 Å². The maximum absolute atomic E-state index is 11.7. The predicted octanol–water partition coefficient (Wildman–Crippen LogP) is 1.72. The summed E-state index contributed by atoms with van der Waals surface area (Å²) >= 11 is 0. The summed E-state index contributed by atoms with van der Waals surface area (Å²) in [5.41, 5.74) is 6.01. The van der Waals surface area contributed by atoms with Gasteiger partial charge in [0, 0.05) is 6.04 Å². The highest BCUT2D eigenvalue weighted by atomic mass is 32.2. The quantitative estimate of drug-likeness (QED) is 0.804. The van der Waals surface area contributed by atoms with Crippen LogP contribution in [0.4, 0.5) is 0 Å². The first-order valence-corrected chi connectivity index (χ1v) is 7.44. The van der Waals surface area contributed by atoms with E-state index >= 15 is 0 Å². The lowest BCUT2D eigenvalue weighted by atomic mass is 9.86. The van der Waals surface area contributed by atoms with E-state index in [0.717, 1.165) is 25.7 Å². The zero-order chi connectivity index (χ0) is 11.7. The van der Waals surface area contributed by atoms with E-state index in [1.54, 1.807) is 13.8 Å². The molecular formula is C11H23NO2S. The highest BCUT2D eigenvalue weighted by Gasteiger charge is 2.34. The molecule has 0 bridgehead atoms. The SMILES string of the molecule is CC(C)S(=O)(=O)CCC1(C)CCC(N)C1. The number of hydrogen-bond donors (Lipinski definition) is 1. The van der Waals surface area contributed by atoms with Crippen molar-refractivity contribution in [3.63, 3.8) is 0 Å². The second-order valence-corrected chi connectivity index (χ2v) is 8.16. The molecular weight excluding hydrogens is 210 g/mol. The molecule has 2 atom stereocenters. The van der Waals surface area contributed by atoms with Gasteiger partial charge in [0.2, 0.25) is 0 Å². The summed E-state index contributed by atoms with van der Waals surface area (Å²) in [7, 11) is -2.88. The molecule has 0 aromatic carbocycles. The second kappa shape index (κ2) is 4.42. The highest BCUT2D eigenvalue weighted by molar-refractivity contribution is 7.91. The van der Waals surface area contributed by atoms with Crippen LogP contribution < -0.4 is 5.73 Å². The number of rotatable bonds is 4. The van der Waals surface area contributed by atoms with Crippen LogP contribution in [-0.2, 0) is 9.84 Å². The molecule has 2 N–H and O–H groups in total. The fourth-order valence-electron chi connectivity index (χ4n) is 2.22. The molecule has 0 aromatic rings. The minimum absolute atomic E-state index is 0.154. The summed E-state index contributed by atoms with van der Waals surface area (Å²) in [6, 6.07) is 0.275. The molecule has 0 heterocycles. The Bertz CT molecular complexity index is 311. The molecule has 0 aliphatic heterocycles. The first kappa shape index (κ1) is 13.0. The van der Waals surface area contributed by atoms with Crippen LogP contribution in [0.3, 0.4) is 0 Å². The summed E-state index contributed by atoms with van der Waals surface area (Å²) in [6.07, 6.45) is 3.85. The smallest absolute Gasteiger partial charge is 0.152 e. The van der Waals surface area contributed by atoms with E-state index in [9.17, 15) is 8.42 Å². The molecule has 0 spiro atoms. The normalized spacial score (nSPS) is 32.5.